The van der Waals surface area contributed by atoms with Crippen molar-refractivity contribution in [1.82, 2.24) is 4.90 Å². The summed E-state index contributed by atoms with van der Waals surface area (Å²) in [6.07, 6.45) is 3.09. The van der Waals surface area contributed by atoms with E-state index in [1.807, 2.05) is 0 Å². The summed E-state index contributed by atoms with van der Waals surface area (Å²) in [6, 6.07) is 2.55. The molecule has 1 aliphatic heterocycles. The predicted molar refractivity (Wildman–Crippen MR) is 58.3 cm³/mol. The van der Waals surface area contributed by atoms with Crippen LogP contribution < -0.4 is 5.73 Å². The van der Waals surface area contributed by atoms with Gasteiger partial charge in [-0.2, -0.15) is 0 Å². The van der Waals surface area contributed by atoms with Gasteiger partial charge in [0.15, 0.2) is 0 Å². The lowest BCUT2D eigenvalue weighted by atomic mass is 10.2. The number of rotatable bonds is 3. The predicted octanol–water partition coefficient (Wildman–Crippen LogP) is 0.979. The average molecular weight is 238 g/mol. The van der Waals surface area contributed by atoms with Gasteiger partial charge in [0.2, 0.25) is 5.76 Å². The van der Waals surface area contributed by atoms with E-state index in [1.165, 1.54) is 17.2 Å². The fraction of sp³-hybridized carbons (Fsp3) is 0.455. The molecule has 1 fully saturated rings. The molecule has 2 amide bonds. The van der Waals surface area contributed by atoms with Crippen molar-refractivity contribution in [1.29, 1.82) is 0 Å². The SMILES string of the molecule is NC(=O)N1CCC[C@H]1COC(=O)c1ccco1. The Kier molecular flexibility index (Phi) is 3.32. The maximum atomic E-state index is 11.5. The van der Waals surface area contributed by atoms with Gasteiger partial charge in [-0.1, -0.05) is 0 Å². The zero-order chi connectivity index (χ0) is 12.3. The van der Waals surface area contributed by atoms with Gasteiger partial charge in [-0.25, -0.2) is 9.59 Å². The number of nitrogens with zero attached hydrogens (tertiary/aromatic N) is 1. The number of carbonyl (C=O) groups is 2. The number of hydrogen-bond acceptors (Lipinski definition) is 4. The fourth-order valence-electron chi connectivity index (χ4n) is 1.94. The second kappa shape index (κ2) is 4.90. The van der Waals surface area contributed by atoms with Crippen LogP contribution >= 0.6 is 0 Å². The first-order valence-corrected chi connectivity index (χ1v) is 5.45. The topological polar surface area (TPSA) is 85.8 Å². The Morgan fingerprint density at radius 3 is 3.06 bits per heavy atom. The van der Waals surface area contributed by atoms with Crippen LogP contribution in [0.2, 0.25) is 0 Å². The molecule has 2 rings (SSSR count). The number of likely N-dealkylation sites (tertiary alicyclic amines) is 1. The monoisotopic (exact) mass is 238 g/mol. The van der Waals surface area contributed by atoms with Crippen LogP contribution in [0.4, 0.5) is 4.79 Å². The van der Waals surface area contributed by atoms with Crippen LogP contribution in [-0.4, -0.2) is 36.1 Å². The van der Waals surface area contributed by atoms with Gasteiger partial charge in [-0.15, -0.1) is 0 Å². The molecule has 0 spiro atoms. The minimum absolute atomic E-state index is 0.119. The van der Waals surface area contributed by atoms with Crippen molar-refractivity contribution in [2.45, 2.75) is 18.9 Å². The highest BCUT2D eigenvalue weighted by molar-refractivity contribution is 5.86. The van der Waals surface area contributed by atoms with Crippen LogP contribution in [0, 0.1) is 0 Å². The Hall–Kier alpha value is -1.98. The van der Waals surface area contributed by atoms with E-state index in [-0.39, 0.29) is 18.4 Å². The second-order valence-electron chi connectivity index (χ2n) is 3.90. The molecule has 2 N–H and O–H groups in total. The van der Waals surface area contributed by atoms with E-state index in [0.29, 0.717) is 6.54 Å². The Morgan fingerprint density at radius 1 is 1.59 bits per heavy atom. The van der Waals surface area contributed by atoms with Gasteiger partial charge in [0, 0.05) is 6.54 Å². The molecule has 2 heterocycles. The van der Waals surface area contributed by atoms with Crippen molar-refractivity contribution >= 4 is 12.0 Å². The van der Waals surface area contributed by atoms with E-state index in [0.717, 1.165) is 12.8 Å². The first-order valence-electron chi connectivity index (χ1n) is 5.45. The standard InChI is InChI=1S/C11H14N2O4/c12-11(15)13-5-1-3-8(13)7-17-10(14)9-4-2-6-16-9/h2,4,6,8H,1,3,5,7H2,(H2,12,15)/t8-/m0/s1. The van der Waals surface area contributed by atoms with Gasteiger partial charge in [0.25, 0.3) is 0 Å². The zero-order valence-corrected chi connectivity index (χ0v) is 9.30. The van der Waals surface area contributed by atoms with Crippen LogP contribution in [0.1, 0.15) is 23.4 Å². The van der Waals surface area contributed by atoms with Crippen molar-refractivity contribution in [3.8, 4) is 0 Å². The van der Waals surface area contributed by atoms with Gasteiger partial charge in [0.05, 0.1) is 12.3 Å². The molecular weight excluding hydrogens is 224 g/mol. The summed E-state index contributed by atoms with van der Waals surface area (Å²) in [7, 11) is 0. The molecule has 0 aliphatic carbocycles. The molecule has 0 saturated carbocycles. The van der Waals surface area contributed by atoms with Crippen molar-refractivity contribution in [3.05, 3.63) is 24.2 Å². The number of primary amides is 1. The molecule has 1 saturated heterocycles. The molecular formula is C11H14N2O4. The van der Waals surface area contributed by atoms with Crippen LogP contribution in [0.25, 0.3) is 0 Å². The van der Waals surface area contributed by atoms with E-state index in [9.17, 15) is 9.59 Å². The summed E-state index contributed by atoms with van der Waals surface area (Å²) in [6.45, 7) is 0.779. The third-order valence-electron chi connectivity index (χ3n) is 2.79. The molecule has 17 heavy (non-hydrogen) atoms. The zero-order valence-electron chi connectivity index (χ0n) is 9.30. The quantitative estimate of drug-likeness (QED) is 0.795. The molecule has 1 aromatic heterocycles. The number of urea groups is 1. The Bertz CT molecular complexity index is 402. The number of carbonyl (C=O) groups excluding carboxylic acids is 2. The minimum atomic E-state index is -0.522. The van der Waals surface area contributed by atoms with Gasteiger partial charge in [0.1, 0.15) is 6.61 Å². The number of hydrogen-bond donors (Lipinski definition) is 1. The average Bonchev–Trinajstić information content (AvgIpc) is 2.96. The van der Waals surface area contributed by atoms with Gasteiger partial charge in [-0.05, 0) is 25.0 Å². The molecule has 6 nitrogen and oxygen atoms in total. The van der Waals surface area contributed by atoms with Crippen LogP contribution in [0.3, 0.4) is 0 Å². The molecule has 1 atom stereocenters. The van der Waals surface area contributed by atoms with Gasteiger partial charge < -0.3 is 19.8 Å². The molecule has 1 aliphatic rings. The molecule has 0 aromatic carbocycles. The van der Waals surface area contributed by atoms with Crippen LogP contribution in [-0.2, 0) is 4.74 Å². The number of furan rings is 1. The van der Waals surface area contributed by atoms with E-state index in [1.54, 1.807) is 6.07 Å². The highest BCUT2D eigenvalue weighted by Gasteiger charge is 2.28. The Balaban J connectivity index is 1.86. The van der Waals surface area contributed by atoms with E-state index >= 15 is 0 Å². The first kappa shape index (κ1) is 11.5. The molecule has 6 heteroatoms. The van der Waals surface area contributed by atoms with E-state index < -0.39 is 12.0 Å². The smallest absolute Gasteiger partial charge is 0.374 e. The molecule has 92 valence electrons. The van der Waals surface area contributed by atoms with Crippen molar-refractivity contribution < 1.29 is 18.7 Å². The summed E-state index contributed by atoms with van der Waals surface area (Å²) in [5.74, 6) is -0.361. The maximum absolute atomic E-state index is 11.5. The van der Waals surface area contributed by atoms with E-state index in [2.05, 4.69) is 0 Å². The number of nitrogens with two attached hydrogens (primary N) is 1. The lowest BCUT2D eigenvalue weighted by Gasteiger charge is -2.21. The summed E-state index contributed by atoms with van der Waals surface area (Å²) in [5.41, 5.74) is 5.22. The first-order chi connectivity index (χ1) is 8.18. The number of amides is 2. The molecule has 1 aromatic rings. The summed E-state index contributed by atoms with van der Waals surface area (Å²) in [4.78, 5) is 24.1. The lowest BCUT2D eigenvalue weighted by Crippen LogP contribution is -2.41. The van der Waals surface area contributed by atoms with Crippen molar-refractivity contribution in [2.24, 2.45) is 5.73 Å². The summed E-state index contributed by atoms with van der Waals surface area (Å²) < 4.78 is 9.97. The lowest BCUT2D eigenvalue weighted by molar-refractivity contribution is 0.0387. The Labute approximate surface area is 98.3 Å². The molecule has 0 radical (unpaired) electrons. The van der Waals surface area contributed by atoms with Crippen molar-refractivity contribution in [2.75, 3.05) is 13.2 Å². The van der Waals surface area contributed by atoms with Crippen LogP contribution in [0.15, 0.2) is 22.8 Å². The molecule has 0 bridgehead atoms. The highest BCUT2D eigenvalue weighted by atomic mass is 16.5. The van der Waals surface area contributed by atoms with Crippen molar-refractivity contribution in [3.63, 3.8) is 0 Å². The Morgan fingerprint density at radius 2 is 2.41 bits per heavy atom. The second-order valence-corrected chi connectivity index (χ2v) is 3.90. The summed E-state index contributed by atoms with van der Waals surface area (Å²) in [5, 5.41) is 0. The normalized spacial score (nSPS) is 19.3. The number of ether oxygens (including phenoxy) is 1. The fourth-order valence-corrected chi connectivity index (χ4v) is 1.94. The maximum Gasteiger partial charge on any atom is 0.374 e. The summed E-state index contributed by atoms with van der Waals surface area (Å²) >= 11 is 0. The van der Waals surface area contributed by atoms with Crippen LogP contribution in [0.5, 0.6) is 0 Å². The minimum Gasteiger partial charge on any atom is -0.458 e. The highest BCUT2D eigenvalue weighted by Crippen LogP contribution is 2.17. The van der Waals surface area contributed by atoms with E-state index in [4.69, 9.17) is 14.9 Å². The largest absolute Gasteiger partial charge is 0.458 e. The van der Waals surface area contributed by atoms with Gasteiger partial charge in [-0.3, -0.25) is 0 Å². The third-order valence-corrected chi connectivity index (χ3v) is 2.79. The molecule has 0 unspecified atom stereocenters. The third kappa shape index (κ3) is 2.58. The number of esters is 1. The van der Waals surface area contributed by atoms with Gasteiger partial charge >= 0.3 is 12.0 Å².